The van der Waals surface area contributed by atoms with Crippen molar-refractivity contribution in [2.24, 2.45) is 11.8 Å². The number of hydrogen-bond acceptors (Lipinski definition) is 3. The molecule has 0 aromatic rings. The first-order chi connectivity index (χ1) is 7.17. The van der Waals surface area contributed by atoms with Crippen LogP contribution in [0.4, 0.5) is 0 Å². The molecule has 0 radical (unpaired) electrons. The van der Waals surface area contributed by atoms with Crippen molar-refractivity contribution in [1.29, 1.82) is 0 Å². The Balaban J connectivity index is 2.36. The lowest BCUT2D eigenvalue weighted by Gasteiger charge is -2.25. The van der Waals surface area contributed by atoms with Crippen molar-refractivity contribution in [3.05, 3.63) is 12.2 Å². The van der Waals surface area contributed by atoms with Gasteiger partial charge >= 0.3 is 0 Å². The van der Waals surface area contributed by atoms with E-state index in [-0.39, 0.29) is 6.61 Å². The molecule has 0 aromatic carbocycles. The Morgan fingerprint density at radius 1 is 1.47 bits per heavy atom. The standard InChI is InChI=1S/C12H23NO2/c1-9(2)12(8-15-3)13-11-5-4-10(6-11)7-14/h4-5,9-14H,6-8H2,1-3H3/t10-,11+,12?/m0/s1. The zero-order valence-corrected chi connectivity index (χ0v) is 9.94. The van der Waals surface area contributed by atoms with E-state index in [1.807, 2.05) is 0 Å². The van der Waals surface area contributed by atoms with Crippen molar-refractivity contribution in [3.63, 3.8) is 0 Å². The van der Waals surface area contributed by atoms with Crippen LogP contribution in [0.15, 0.2) is 12.2 Å². The number of nitrogens with one attached hydrogen (secondary N) is 1. The van der Waals surface area contributed by atoms with Crippen LogP contribution in [0.2, 0.25) is 0 Å². The second kappa shape index (κ2) is 6.26. The topological polar surface area (TPSA) is 41.5 Å². The maximum Gasteiger partial charge on any atom is 0.0618 e. The minimum absolute atomic E-state index is 0.255. The molecule has 3 nitrogen and oxygen atoms in total. The number of aliphatic hydroxyl groups is 1. The van der Waals surface area contributed by atoms with E-state index in [9.17, 15) is 0 Å². The van der Waals surface area contributed by atoms with Crippen molar-refractivity contribution in [2.75, 3.05) is 20.3 Å². The summed E-state index contributed by atoms with van der Waals surface area (Å²) in [4.78, 5) is 0. The van der Waals surface area contributed by atoms with Gasteiger partial charge in [0.05, 0.1) is 6.61 Å². The van der Waals surface area contributed by atoms with E-state index in [4.69, 9.17) is 9.84 Å². The van der Waals surface area contributed by atoms with Gasteiger partial charge in [-0.1, -0.05) is 26.0 Å². The number of rotatable bonds is 6. The highest BCUT2D eigenvalue weighted by Crippen LogP contribution is 2.18. The van der Waals surface area contributed by atoms with Crippen molar-refractivity contribution in [1.82, 2.24) is 5.32 Å². The molecule has 0 spiro atoms. The molecule has 0 bridgehead atoms. The highest BCUT2D eigenvalue weighted by Gasteiger charge is 2.22. The predicted molar refractivity (Wildman–Crippen MR) is 61.8 cm³/mol. The third-order valence-electron chi connectivity index (χ3n) is 2.99. The molecular formula is C12H23NO2. The van der Waals surface area contributed by atoms with Crippen molar-refractivity contribution >= 4 is 0 Å². The Bertz CT molecular complexity index is 204. The molecule has 0 amide bonds. The molecule has 0 saturated carbocycles. The Labute approximate surface area is 92.5 Å². The molecule has 3 atom stereocenters. The number of hydrogen-bond donors (Lipinski definition) is 2. The Morgan fingerprint density at radius 3 is 2.67 bits per heavy atom. The van der Waals surface area contributed by atoms with E-state index < -0.39 is 0 Å². The molecule has 1 aliphatic carbocycles. The normalized spacial score (nSPS) is 27.5. The summed E-state index contributed by atoms with van der Waals surface area (Å²) in [5.74, 6) is 0.893. The van der Waals surface area contributed by atoms with Crippen molar-refractivity contribution in [2.45, 2.75) is 32.4 Å². The van der Waals surface area contributed by atoms with Gasteiger partial charge in [-0.15, -0.1) is 0 Å². The van der Waals surface area contributed by atoms with Crippen molar-refractivity contribution < 1.29 is 9.84 Å². The summed E-state index contributed by atoms with van der Waals surface area (Å²) in [5.41, 5.74) is 0. The minimum Gasteiger partial charge on any atom is -0.396 e. The summed E-state index contributed by atoms with van der Waals surface area (Å²) >= 11 is 0. The van der Waals surface area contributed by atoms with Crippen LogP contribution in [0.3, 0.4) is 0 Å². The van der Waals surface area contributed by atoms with Gasteiger partial charge in [-0.25, -0.2) is 0 Å². The lowest BCUT2D eigenvalue weighted by atomic mass is 10.0. The summed E-state index contributed by atoms with van der Waals surface area (Å²) in [6, 6.07) is 0.784. The third-order valence-corrected chi connectivity index (χ3v) is 2.99. The molecule has 1 aliphatic rings. The van der Waals surface area contributed by atoms with Crippen LogP contribution in [0.1, 0.15) is 20.3 Å². The lowest BCUT2D eigenvalue weighted by Crippen LogP contribution is -2.43. The van der Waals surface area contributed by atoms with Gasteiger partial charge in [-0.05, 0) is 12.3 Å². The second-order valence-corrected chi connectivity index (χ2v) is 4.64. The number of ether oxygens (including phenoxy) is 1. The van der Waals surface area contributed by atoms with Crippen LogP contribution in [0, 0.1) is 11.8 Å². The van der Waals surface area contributed by atoms with E-state index in [1.165, 1.54) is 0 Å². The second-order valence-electron chi connectivity index (χ2n) is 4.64. The highest BCUT2D eigenvalue weighted by molar-refractivity contribution is 5.06. The first kappa shape index (κ1) is 12.7. The quantitative estimate of drug-likeness (QED) is 0.651. The molecule has 0 aliphatic heterocycles. The first-order valence-corrected chi connectivity index (χ1v) is 5.71. The van der Waals surface area contributed by atoms with Gasteiger partial charge in [0.2, 0.25) is 0 Å². The number of aliphatic hydroxyl groups excluding tert-OH is 1. The Morgan fingerprint density at radius 2 is 2.20 bits per heavy atom. The fourth-order valence-electron chi connectivity index (χ4n) is 1.92. The molecule has 2 N–H and O–H groups in total. The molecular weight excluding hydrogens is 190 g/mol. The molecule has 15 heavy (non-hydrogen) atoms. The molecule has 1 rings (SSSR count). The Kier molecular flexibility index (Phi) is 5.29. The highest BCUT2D eigenvalue weighted by atomic mass is 16.5. The molecule has 0 fully saturated rings. The first-order valence-electron chi connectivity index (χ1n) is 5.71. The maximum atomic E-state index is 9.03. The van der Waals surface area contributed by atoms with Crippen LogP contribution in [0.25, 0.3) is 0 Å². The molecule has 1 unspecified atom stereocenters. The Hall–Kier alpha value is -0.380. The van der Waals surface area contributed by atoms with E-state index in [0.717, 1.165) is 13.0 Å². The average molecular weight is 213 g/mol. The minimum atomic E-state index is 0.255. The predicted octanol–water partition coefficient (Wildman–Crippen LogP) is 1.18. The van der Waals surface area contributed by atoms with Gasteiger partial charge in [0.15, 0.2) is 0 Å². The zero-order valence-electron chi connectivity index (χ0n) is 9.94. The van der Waals surface area contributed by atoms with E-state index >= 15 is 0 Å². The van der Waals surface area contributed by atoms with E-state index in [0.29, 0.717) is 23.9 Å². The largest absolute Gasteiger partial charge is 0.396 e. The molecule has 3 heteroatoms. The van der Waals surface area contributed by atoms with Gasteiger partial charge in [0, 0.05) is 31.7 Å². The smallest absolute Gasteiger partial charge is 0.0618 e. The van der Waals surface area contributed by atoms with E-state index in [1.54, 1.807) is 7.11 Å². The summed E-state index contributed by atoms with van der Waals surface area (Å²) in [6.45, 7) is 5.38. The van der Waals surface area contributed by atoms with Gasteiger partial charge in [0.1, 0.15) is 0 Å². The van der Waals surface area contributed by atoms with Gasteiger partial charge in [-0.2, -0.15) is 0 Å². The summed E-state index contributed by atoms with van der Waals surface area (Å²) in [5, 5.41) is 12.6. The van der Waals surface area contributed by atoms with Gasteiger partial charge in [0.25, 0.3) is 0 Å². The molecule has 0 aromatic heterocycles. The van der Waals surface area contributed by atoms with Crippen LogP contribution < -0.4 is 5.32 Å². The van der Waals surface area contributed by atoms with Crippen LogP contribution in [-0.2, 0) is 4.74 Å². The monoisotopic (exact) mass is 213 g/mol. The SMILES string of the molecule is COCC(N[C@@H]1C=C[C@H](CO)C1)C(C)C. The maximum absolute atomic E-state index is 9.03. The van der Waals surface area contributed by atoms with E-state index in [2.05, 4.69) is 31.3 Å². The molecule has 0 saturated heterocycles. The molecule has 0 heterocycles. The summed E-state index contributed by atoms with van der Waals surface area (Å²) in [6.07, 6.45) is 5.26. The van der Waals surface area contributed by atoms with Gasteiger partial charge < -0.3 is 15.2 Å². The molecule has 88 valence electrons. The summed E-state index contributed by atoms with van der Waals surface area (Å²) in [7, 11) is 1.73. The number of methoxy groups -OCH3 is 1. The fraction of sp³-hybridized carbons (Fsp3) is 0.833. The van der Waals surface area contributed by atoms with Crippen LogP contribution >= 0.6 is 0 Å². The third kappa shape index (κ3) is 3.93. The summed E-state index contributed by atoms with van der Waals surface area (Å²) < 4.78 is 5.19. The van der Waals surface area contributed by atoms with Crippen molar-refractivity contribution in [3.8, 4) is 0 Å². The van der Waals surface area contributed by atoms with Crippen LogP contribution in [-0.4, -0.2) is 37.5 Å². The van der Waals surface area contributed by atoms with Gasteiger partial charge in [-0.3, -0.25) is 0 Å². The lowest BCUT2D eigenvalue weighted by molar-refractivity contribution is 0.141. The average Bonchev–Trinajstić information content (AvgIpc) is 2.65. The van der Waals surface area contributed by atoms with Crippen LogP contribution in [0.5, 0.6) is 0 Å². The zero-order chi connectivity index (χ0) is 11.3. The fourth-order valence-corrected chi connectivity index (χ4v) is 1.92.